The Kier molecular flexibility index (Phi) is 8.43. The van der Waals surface area contributed by atoms with Crippen LogP contribution in [0, 0.1) is 0 Å². The van der Waals surface area contributed by atoms with Gasteiger partial charge in [0, 0.05) is 5.97 Å². The van der Waals surface area contributed by atoms with Gasteiger partial charge in [0.15, 0.2) is 0 Å². The van der Waals surface area contributed by atoms with Gasteiger partial charge in [0.1, 0.15) is 0 Å². The van der Waals surface area contributed by atoms with Gasteiger partial charge in [-0.2, -0.15) is 0 Å². The molecule has 0 saturated carbocycles. The molecule has 0 amide bonds. The lowest BCUT2D eigenvalue weighted by molar-refractivity contribution is -0.305. The quantitative estimate of drug-likeness (QED) is 0.455. The average molecular weight is 122 g/mol. The van der Waals surface area contributed by atoms with Gasteiger partial charge >= 0.3 is 0 Å². The maximum Gasteiger partial charge on any atom is 0.0414 e. The minimum Gasteiger partial charge on any atom is -0.550 e. The van der Waals surface area contributed by atoms with Crippen LogP contribution in [-0.4, -0.2) is 5.97 Å². The van der Waals surface area contributed by atoms with Crippen LogP contribution in [0.15, 0.2) is 0 Å². The van der Waals surface area contributed by atoms with Crippen molar-refractivity contribution in [3.8, 4) is 0 Å². The summed E-state index contributed by atoms with van der Waals surface area (Å²) in [6, 6.07) is 0. The molecule has 0 fully saturated rings. The third-order valence-electron chi connectivity index (χ3n) is 0.454. The van der Waals surface area contributed by atoms with Crippen molar-refractivity contribution >= 4 is 15.9 Å². The summed E-state index contributed by atoms with van der Waals surface area (Å²) in [7, 11) is 0. The molecule has 44 valence electrons. The largest absolute Gasteiger partial charge is 0.550 e. The van der Waals surface area contributed by atoms with E-state index in [1.165, 1.54) is 0 Å². The highest BCUT2D eigenvalue weighted by molar-refractivity contribution is 6.92. The van der Waals surface area contributed by atoms with E-state index >= 15 is 0 Å². The van der Waals surface area contributed by atoms with Gasteiger partial charge in [-0.05, 0) is 16.3 Å². The van der Waals surface area contributed by atoms with Crippen LogP contribution in [0.1, 0.15) is 19.8 Å². The van der Waals surface area contributed by atoms with E-state index in [1.807, 2.05) is 0 Å². The first kappa shape index (κ1) is 10.0. The number of hydrogen-bond donors (Lipinski definition) is 0. The summed E-state index contributed by atoms with van der Waals surface area (Å²) in [5.41, 5.74) is 0. The number of aliphatic carboxylic acids is 1. The maximum absolute atomic E-state index is 9.49. The van der Waals surface area contributed by atoms with Gasteiger partial charge in [0.2, 0.25) is 0 Å². The van der Waals surface area contributed by atoms with E-state index in [9.17, 15) is 9.90 Å². The molecule has 0 aromatic heterocycles. The predicted octanol–water partition coefficient (Wildman–Crippen LogP) is -0.673. The topological polar surface area (TPSA) is 40.1 Å². The van der Waals surface area contributed by atoms with Crippen molar-refractivity contribution < 1.29 is 9.90 Å². The van der Waals surface area contributed by atoms with Crippen LogP contribution in [0.4, 0.5) is 0 Å². The van der Waals surface area contributed by atoms with Gasteiger partial charge in [-0.15, -0.1) is 0 Å². The lowest BCUT2D eigenvalue weighted by Gasteiger charge is -1.92. The maximum atomic E-state index is 9.49. The van der Waals surface area contributed by atoms with Gasteiger partial charge in [0.05, 0.1) is 0 Å². The Bertz CT molecular complexity index is 53.7. The zero-order chi connectivity index (χ0) is 4.99. The third kappa shape index (κ3) is 10.7. The van der Waals surface area contributed by atoms with Gasteiger partial charge in [0.25, 0.3) is 0 Å². The number of carboxylic acids is 1. The molecule has 0 N–H and O–H groups in total. The molecule has 0 aromatic carbocycles. The minimum absolute atomic E-state index is 0. The highest BCUT2D eigenvalue weighted by Gasteiger charge is 1.75. The molecular formula is C4H11O2P. The molecule has 7 heavy (non-hydrogen) atoms. The van der Waals surface area contributed by atoms with Crippen molar-refractivity contribution in [1.82, 2.24) is 0 Å². The molecule has 0 aliphatic rings. The van der Waals surface area contributed by atoms with Crippen molar-refractivity contribution in [2.75, 3.05) is 0 Å². The average Bonchev–Trinajstić information content (AvgIpc) is 1.35. The Morgan fingerprint density at radius 1 is 1.71 bits per heavy atom. The Hall–Kier alpha value is -0.100. The molecule has 0 spiro atoms. The summed E-state index contributed by atoms with van der Waals surface area (Å²) in [6.45, 7) is 1.80. The summed E-state index contributed by atoms with van der Waals surface area (Å²) in [5, 5.41) is 9.49. The smallest absolute Gasteiger partial charge is 0.0414 e. The van der Waals surface area contributed by atoms with Crippen LogP contribution >= 0.6 is 9.90 Å². The van der Waals surface area contributed by atoms with Crippen molar-refractivity contribution in [2.24, 2.45) is 0 Å². The number of hydrogen-bond acceptors (Lipinski definition) is 2. The van der Waals surface area contributed by atoms with Gasteiger partial charge in [-0.3, -0.25) is 0 Å². The second kappa shape index (κ2) is 5.90. The highest BCUT2D eigenvalue weighted by Crippen LogP contribution is 1.79. The summed E-state index contributed by atoms with van der Waals surface area (Å²) in [5.74, 6) is -0.961. The van der Waals surface area contributed by atoms with Gasteiger partial charge in [-0.1, -0.05) is 13.3 Å². The zero-order valence-corrected chi connectivity index (χ0v) is 6.73. The van der Waals surface area contributed by atoms with E-state index < -0.39 is 5.97 Å². The molecule has 1 unspecified atom stereocenters. The molecule has 0 aromatic rings. The van der Waals surface area contributed by atoms with E-state index in [-0.39, 0.29) is 16.3 Å². The molecule has 0 saturated heterocycles. The minimum atomic E-state index is -0.961. The first-order valence-corrected chi connectivity index (χ1v) is 1.97. The Morgan fingerprint density at radius 3 is 2.14 bits per heavy atom. The first-order chi connectivity index (χ1) is 2.77. The Labute approximate surface area is 46.5 Å². The molecule has 2 nitrogen and oxygen atoms in total. The van der Waals surface area contributed by atoms with Crippen LogP contribution in [0.3, 0.4) is 0 Å². The normalized spacial score (nSPS) is 7.00. The second-order valence-corrected chi connectivity index (χ2v) is 1.12. The first-order valence-electron chi connectivity index (χ1n) is 1.97. The fourth-order valence-electron chi connectivity index (χ4n) is 0.204. The van der Waals surface area contributed by atoms with E-state index in [0.29, 0.717) is 6.42 Å². The molecule has 1 atom stereocenters. The highest BCUT2D eigenvalue weighted by atomic mass is 31.0. The molecule has 3 heteroatoms. The lowest BCUT2D eigenvalue weighted by Crippen LogP contribution is -2.20. The van der Waals surface area contributed by atoms with Crippen molar-refractivity contribution in [2.45, 2.75) is 19.8 Å². The predicted molar refractivity (Wildman–Crippen MR) is 32.4 cm³/mol. The zero-order valence-electron chi connectivity index (χ0n) is 4.73. The Balaban J connectivity index is 0. The molecule has 0 aliphatic heterocycles. The molecule has 0 bridgehead atoms. The van der Waals surface area contributed by atoms with Crippen molar-refractivity contribution in [3.05, 3.63) is 0 Å². The molecule has 0 radical (unpaired) electrons. The number of rotatable bonds is 2. The summed E-state index contributed by atoms with van der Waals surface area (Å²) >= 11 is 0. The van der Waals surface area contributed by atoms with Crippen LogP contribution < -0.4 is 5.11 Å². The van der Waals surface area contributed by atoms with Gasteiger partial charge < -0.3 is 9.90 Å². The third-order valence-corrected chi connectivity index (χ3v) is 0.454. The fraction of sp³-hybridized carbons (Fsp3) is 0.750. The second-order valence-electron chi connectivity index (χ2n) is 1.12. The molecule has 0 aliphatic carbocycles. The SMILES string of the molecule is CCCC(=O)[O-].[PH4+]. The van der Waals surface area contributed by atoms with Crippen LogP contribution in [0.2, 0.25) is 0 Å². The van der Waals surface area contributed by atoms with E-state index in [4.69, 9.17) is 0 Å². The van der Waals surface area contributed by atoms with E-state index in [1.54, 1.807) is 6.92 Å². The fourth-order valence-corrected chi connectivity index (χ4v) is 0.204. The van der Waals surface area contributed by atoms with Gasteiger partial charge in [-0.25, -0.2) is 0 Å². The number of carbonyl (C=O) groups is 1. The van der Waals surface area contributed by atoms with Crippen molar-refractivity contribution in [1.29, 1.82) is 0 Å². The standard InChI is InChI=1S/C4H8O2.H3P/c1-2-3-4(5)6;/h2-3H2,1H3,(H,5,6);1H3. The molecule has 0 rings (SSSR count). The van der Waals surface area contributed by atoms with Crippen LogP contribution in [-0.2, 0) is 4.79 Å². The summed E-state index contributed by atoms with van der Waals surface area (Å²) in [4.78, 5) is 9.49. The summed E-state index contributed by atoms with van der Waals surface area (Å²) in [6.07, 6.45) is 0.850. The van der Waals surface area contributed by atoms with Crippen LogP contribution in [0.25, 0.3) is 0 Å². The summed E-state index contributed by atoms with van der Waals surface area (Å²) < 4.78 is 0. The van der Waals surface area contributed by atoms with Crippen molar-refractivity contribution in [3.63, 3.8) is 0 Å². The molecular weight excluding hydrogens is 111 g/mol. The Morgan fingerprint density at radius 2 is 2.14 bits per heavy atom. The molecule has 0 heterocycles. The van der Waals surface area contributed by atoms with E-state index in [2.05, 4.69) is 0 Å². The van der Waals surface area contributed by atoms with E-state index in [0.717, 1.165) is 0 Å². The van der Waals surface area contributed by atoms with Crippen LogP contribution in [0.5, 0.6) is 0 Å². The monoisotopic (exact) mass is 122 g/mol. The lowest BCUT2D eigenvalue weighted by atomic mass is 10.4. The number of carbonyl (C=O) groups excluding carboxylic acids is 1. The number of carboxylic acid groups (broad SMARTS) is 1.